The van der Waals surface area contributed by atoms with Gasteiger partial charge in [-0.3, -0.25) is 4.79 Å². The molecule has 1 aliphatic heterocycles. The fourth-order valence-electron chi connectivity index (χ4n) is 2.57. The third kappa shape index (κ3) is 2.80. The van der Waals surface area contributed by atoms with Gasteiger partial charge in [0, 0.05) is 12.2 Å². The van der Waals surface area contributed by atoms with Crippen LogP contribution in [0, 0.1) is 13.8 Å². The maximum absolute atomic E-state index is 12.5. The third-order valence-electron chi connectivity index (χ3n) is 3.39. The number of ether oxygens (including phenoxy) is 1. The van der Waals surface area contributed by atoms with Crippen LogP contribution in [0.3, 0.4) is 0 Å². The summed E-state index contributed by atoms with van der Waals surface area (Å²) in [5.74, 6) is -0.0119. The Morgan fingerprint density at radius 3 is 2.42 bits per heavy atom. The van der Waals surface area contributed by atoms with Gasteiger partial charge in [0.25, 0.3) is 5.91 Å². The van der Waals surface area contributed by atoms with Gasteiger partial charge in [-0.2, -0.15) is 0 Å². The van der Waals surface area contributed by atoms with Crippen LogP contribution in [-0.2, 0) is 9.53 Å². The minimum atomic E-state index is -0.820. The first-order valence-corrected chi connectivity index (χ1v) is 6.61. The van der Waals surface area contributed by atoms with E-state index >= 15 is 0 Å². The van der Waals surface area contributed by atoms with Crippen molar-refractivity contribution in [2.45, 2.75) is 39.4 Å². The molecule has 1 heterocycles. The highest BCUT2D eigenvalue weighted by Crippen LogP contribution is 2.28. The summed E-state index contributed by atoms with van der Waals surface area (Å²) in [4.78, 5) is 14.3. The van der Waals surface area contributed by atoms with Crippen LogP contribution in [0.1, 0.15) is 25.0 Å². The lowest BCUT2D eigenvalue weighted by Crippen LogP contribution is -2.59. The summed E-state index contributed by atoms with van der Waals surface area (Å²) in [5, 5.41) is 0. The monoisotopic (exact) mass is 262 g/mol. The SMILES string of the molecule is Cc1cc(C)cc(N2CC(CN)OC(C)(C)C2=O)c1. The van der Waals surface area contributed by atoms with E-state index in [0.717, 1.165) is 16.8 Å². The van der Waals surface area contributed by atoms with E-state index in [9.17, 15) is 4.79 Å². The van der Waals surface area contributed by atoms with Crippen LogP contribution in [0.25, 0.3) is 0 Å². The molecule has 0 radical (unpaired) electrons. The second-order valence-electron chi connectivity index (χ2n) is 5.75. The Labute approximate surface area is 114 Å². The van der Waals surface area contributed by atoms with Gasteiger partial charge >= 0.3 is 0 Å². The average molecular weight is 262 g/mol. The summed E-state index contributed by atoms with van der Waals surface area (Å²) in [6, 6.07) is 6.15. The highest BCUT2D eigenvalue weighted by atomic mass is 16.5. The molecule has 4 heteroatoms. The van der Waals surface area contributed by atoms with Crippen LogP contribution in [-0.4, -0.2) is 30.7 Å². The normalized spacial score (nSPS) is 22.7. The van der Waals surface area contributed by atoms with Gasteiger partial charge in [0.05, 0.1) is 12.6 Å². The summed E-state index contributed by atoms with van der Waals surface area (Å²) >= 11 is 0. The Balaban J connectivity index is 2.38. The quantitative estimate of drug-likeness (QED) is 0.883. The molecule has 104 valence electrons. The lowest BCUT2D eigenvalue weighted by molar-refractivity contribution is -0.153. The van der Waals surface area contributed by atoms with Crippen molar-refractivity contribution in [3.8, 4) is 0 Å². The molecule has 0 bridgehead atoms. The van der Waals surface area contributed by atoms with Crippen LogP contribution in [0.4, 0.5) is 5.69 Å². The van der Waals surface area contributed by atoms with Crippen LogP contribution < -0.4 is 10.6 Å². The number of hydrogen-bond donors (Lipinski definition) is 1. The van der Waals surface area contributed by atoms with Crippen molar-refractivity contribution in [3.63, 3.8) is 0 Å². The zero-order valence-electron chi connectivity index (χ0n) is 12.1. The number of anilines is 1. The number of amides is 1. The van der Waals surface area contributed by atoms with Gasteiger partial charge in [0.1, 0.15) is 5.60 Å². The fraction of sp³-hybridized carbons (Fsp3) is 0.533. The number of morpholine rings is 1. The number of carbonyl (C=O) groups excluding carboxylic acids is 1. The van der Waals surface area contributed by atoms with Crippen molar-refractivity contribution in [2.24, 2.45) is 5.73 Å². The first kappa shape index (κ1) is 14.0. The van der Waals surface area contributed by atoms with E-state index in [2.05, 4.69) is 6.07 Å². The number of nitrogens with two attached hydrogens (primary N) is 1. The number of hydrogen-bond acceptors (Lipinski definition) is 3. The first-order valence-electron chi connectivity index (χ1n) is 6.61. The molecule has 1 aromatic carbocycles. The summed E-state index contributed by atoms with van der Waals surface area (Å²) in [6.07, 6.45) is -0.117. The Bertz CT molecular complexity index is 477. The minimum Gasteiger partial charge on any atom is -0.359 e. The second-order valence-corrected chi connectivity index (χ2v) is 5.75. The van der Waals surface area contributed by atoms with E-state index in [0.29, 0.717) is 13.1 Å². The number of rotatable bonds is 2. The molecular formula is C15H22N2O2. The standard InChI is InChI=1S/C15H22N2O2/c1-10-5-11(2)7-12(6-10)17-9-13(8-16)19-15(3,4)14(17)18/h5-7,13H,8-9,16H2,1-4H3. The molecule has 1 aliphatic rings. The Kier molecular flexibility index (Phi) is 3.65. The van der Waals surface area contributed by atoms with E-state index in [1.807, 2.05) is 26.0 Å². The summed E-state index contributed by atoms with van der Waals surface area (Å²) in [7, 11) is 0. The highest BCUT2D eigenvalue weighted by Gasteiger charge is 2.41. The van der Waals surface area contributed by atoms with Gasteiger partial charge in [-0.1, -0.05) is 6.07 Å². The van der Waals surface area contributed by atoms with Gasteiger partial charge in [-0.25, -0.2) is 0 Å². The number of benzene rings is 1. The lowest BCUT2D eigenvalue weighted by Gasteiger charge is -2.41. The maximum atomic E-state index is 12.5. The topological polar surface area (TPSA) is 55.6 Å². The molecular weight excluding hydrogens is 240 g/mol. The Hall–Kier alpha value is -1.39. The zero-order valence-corrected chi connectivity index (χ0v) is 12.1. The molecule has 1 atom stereocenters. The number of carbonyl (C=O) groups is 1. The first-order chi connectivity index (χ1) is 8.83. The molecule has 0 spiro atoms. The summed E-state index contributed by atoms with van der Waals surface area (Å²) in [5.41, 5.74) is 8.11. The van der Waals surface area contributed by atoms with Gasteiger partial charge in [0.2, 0.25) is 0 Å². The molecule has 1 aromatic rings. The molecule has 1 fully saturated rings. The van der Waals surface area contributed by atoms with Crippen molar-refractivity contribution in [1.29, 1.82) is 0 Å². The predicted molar refractivity (Wildman–Crippen MR) is 76.3 cm³/mol. The summed E-state index contributed by atoms with van der Waals surface area (Å²) in [6.45, 7) is 8.60. The molecule has 19 heavy (non-hydrogen) atoms. The van der Waals surface area contributed by atoms with E-state index in [-0.39, 0.29) is 12.0 Å². The molecule has 4 nitrogen and oxygen atoms in total. The highest BCUT2D eigenvalue weighted by molar-refractivity contribution is 5.99. The Morgan fingerprint density at radius 2 is 1.89 bits per heavy atom. The average Bonchev–Trinajstić information content (AvgIpc) is 2.31. The molecule has 0 saturated carbocycles. The van der Waals surface area contributed by atoms with Crippen molar-refractivity contribution in [2.75, 3.05) is 18.0 Å². The van der Waals surface area contributed by atoms with Crippen molar-refractivity contribution >= 4 is 11.6 Å². The van der Waals surface area contributed by atoms with Crippen LogP contribution in [0.2, 0.25) is 0 Å². The fourth-order valence-corrected chi connectivity index (χ4v) is 2.57. The van der Waals surface area contributed by atoms with Crippen molar-refractivity contribution < 1.29 is 9.53 Å². The van der Waals surface area contributed by atoms with Gasteiger partial charge in [-0.15, -0.1) is 0 Å². The van der Waals surface area contributed by atoms with Gasteiger partial charge in [0.15, 0.2) is 0 Å². The number of aryl methyl sites for hydroxylation is 2. The van der Waals surface area contributed by atoms with E-state index in [1.54, 1.807) is 18.7 Å². The van der Waals surface area contributed by atoms with Crippen molar-refractivity contribution in [1.82, 2.24) is 0 Å². The molecule has 1 amide bonds. The van der Waals surface area contributed by atoms with Crippen LogP contribution in [0.5, 0.6) is 0 Å². The molecule has 2 N–H and O–H groups in total. The van der Waals surface area contributed by atoms with Crippen LogP contribution in [0.15, 0.2) is 18.2 Å². The molecule has 1 unspecified atom stereocenters. The summed E-state index contributed by atoms with van der Waals surface area (Å²) < 4.78 is 5.73. The molecule has 0 aromatic heterocycles. The smallest absolute Gasteiger partial charge is 0.258 e. The van der Waals surface area contributed by atoms with E-state index in [1.165, 1.54) is 0 Å². The van der Waals surface area contributed by atoms with E-state index in [4.69, 9.17) is 10.5 Å². The number of nitrogens with zero attached hydrogens (tertiary/aromatic N) is 1. The predicted octanol–water partition coefficient (Wildman–Crippen LogP) is 1.77. The van der Waals surface area contributed by atoms with Gasteiger partial charge < -0.3 is 15.4 Å². The zero-order chi connectivity index (χ0) is 14.2. The Morgan fingerprint density at radius 1 is 1.32 bits per heavy atom. The molecule has 2 rings (SSSR count). The molecule has 0 aliphatic carbocycles. The van der Waals surface area contributed by atoms with Crippen molar-refractivity contribution in [3.05, 3.63) is 29.3 Å². The third-order valence-corrected chi connectivity index (χ3v) is 3.39. The van der Waals surface area contributed by atoms with Crippen LogP contribution >= 0.6 is 0 Å². The minimum absolute atomic E-state index is 0.0119. The van der Waals surface area contributed by atoms with Gasteiger partial charge in [-0.05, 0) is 51.0 Å². The lowest BCUT2D eigenvalue weighted by atomic mass is 10.0. The maximum Gasteiger partial charge on any atom is 0.258 e. The largest absolute Gasteiger partial charge is 0.359 e. The second kappa shape index (κ2) is 4.94. The van der Waals surface area contributed by atoms with E-state index < -0.39 is 5.60 Å². The molecule has 1 saturated heterocycles.